The molecular weight excluding hydrogens is 393 g/mol. The number of unbranched alkanes of at least 4 members (excludes halogenated alkanes) is 1. The predicted molar refractivity (Wildman–Crippen MR) is 122 cm³/mol. The van der Waals surface area contributed by atoms with E-state index in [1.807, 2.05) is 12.1 Å². The lowest BCUT2D eigenvalue weighted by Gasteiger charge is -2.32. The largest absolute Gasteiger partial charge is 0.338 e. The fourth-order valence-corrected chi connectivity index (χ4v) is 4.13. The minimum Gasteiger partial charge on any atom is -0.338 e. The topological polar surface area (TPSA) is 61.4 Å². The second-order valence-electron chi connectivity index (χ2n) is 8.36. The molecule has 1 atom stereocenters. The molecule has 1 heterocycles. The normalized spacial score (nSPS) is 16.6. The maximum absolute atomic E-state index is 13.1. The molecule has 2 amide bonds. The van der Waals surface area contributed by atoms with Gasteiger partial charge in [-0.2, -0.15) is 0 Å². The van der Waals surface area contributed by atoms with Crippen molar-refractivity contribution >= 4 is 17.5 Å². The molecule has 1 unspecified atom stereocenters. The molecule has 31 heavy (non-hydrogen) atoms. The second kappa shape index (κ2) is 11.6. The van der Waals surface area contributed by atoms with E-state index in [1.165, 1.54) is 25.3 Å². The zero-order chi connectivity index (χ0) is 22.1. The molecule has 0 saturated carbocycles. The van der Waals surface area contributed by atoms with Crippen molar-refractivity contribution in [1.29, 1.82) is 0 Å². The number of benzene rings is 2. The highest BCUT2D eigenvalue weighted by Gasteiger charge is 2.19. The fraction of sp³-hybridized carbons (Fsp3) is 0.440. The average molecular weight is 426 g/mol. The quantitative estimate of drug-likeness (QED) is 0.444. The van der Waals surface area contributed by atoms with Crippen LogP contribution in [0, 0.1) is 11.7 Å². The Hall–Kier alpha value is -2.73. The lowest BCUT2D eigenvalue weighted by Crippen LogP contribution is -2.37. The van der Waals surface area contributed by atoms with E-state index in [9.17, 15) is 14.0 Å². The van der Waals surface area contributed by atoms with Gasteiger partial charge in [-0.25, -0.2) is 9.18 Å². The Bertz CT molecular complexity index is 869. The molecule has 166 valence electrons. The third-order valence-corrected chi connectivity index (χ3v) is 5.75. The number of urea groups is 1. The number of likely N-dealkylation sites (tertiary alicyclic amines) is 1. The van der Waals surface area contributed by atoms with E-state index in [0.717, 1.165) is 38.9 Å². The number of hydrogen-bond acceptors (Lipinski definition) is 3. The van der Waals surface area contributed by atoms with Crippen LogP contribution < -0.4 is 10.6 Å². The Labute approximate surface area is 184 Å². The Kier molecular flexibility index (Phi) is 8.59. The Morgan fingerprint density at radius 2 is 1.94 bits per heavy atom. The van der Waals surface area contributed by atoms with Gasteiger partial charge in [0.1, 0.15) is 5.82 Å². The molecule has 3 rings (SSSR count). The summed E-state index contributed by atoms with van der Waals surface area (Å²) in [6.45, 7) is 5.36. The summed E-state index contributed by atoms with van der Waals surface area (Å²) in [5.41, 5.74) is 2.40. The monoisotopic (exact) mass is 425 g/mol. The lowest BCUT2D eigenvalue weighted by molar-refractivity contribution is 0.101. The van der Waals surface area contributed by atoms with Gasteiger partial charge in [0.25, 0.3) is 0 Å². The first-order valence-corrected chi connectivity index (χ1v) is 11.1. The molecule has 2 N–H and O–H groups in total. The van der Waals surface area contributed by atoms with E-state index in [4.69, 9.17) is 0 Å². The van der Waals surface area contributed by atoms with E-state index in [-0.39, 0.29) is 17.6 Å². The first kappa shape index (κ1) is 22.9. The summed E-state index contributed by atoms with van der Waals surface area (Å²) < 4.78 is 13.1. The van der Waals surface area contributed by atoms with Gasteiger partial charge in [0.15, 0.2) is 5.78 Å². The van der Waals surface area contributed by atoms with Gasteiger partial charge in [0, 0.05) is 24.3 Å². The number of carbonyl (C=O) groups excluding carboxylic acids is 2. The first-order valence-electron chi connectivity index (χ1n) is 11.1. The van der Waals surface area contributed by atoms with E-state index in [1.54, 1.807) is 36.4 Å². The highest BCUT2D eigenvalue weighted by molar-refractivity contribution is 5.96. The number of Topliss-reactive ketones (excluding diaryl/α,β-unsaturated/α-hetero) is 1. The summed E-state index contributed by atoms with van der Waals surface area (Å²) in [4.78, 5) is 26.0. The van der Waals surface area contributed by atoms with Crippen molar-refractivity contribution < 1.29 is 14.0 Å². The van der Waals surface area contributed by atoms with Gasteiger partial charge in [-0.05, 0) is 87.9 Å². The molecule has 0 aromatic heterocycles. The molecule has 2 aromatic rings. The third kappa shape index (κ3) is 7.79. The van der Waals surface area contributed by atoms with Gasteiger partial charge in [-0.1, -0.05) is 24.3 Å². The summed E-state index contributed by atoms with van der Waals surface area (Å²) in [5.74, 6) is 0.413. The van der Waals surface area contributed by atoms with Crippen molar-refractivity contribution in [3.05, 3.63) is 65.5 Å². The number of nitrogens with one attached hydrogen (secondary N) is 2. The number of rotatable bonds is 9. The van der Waals surface area contributed by atoms with Crippen molar-refractivity contribution in [1.82, 2.24) is 10.2 Å². The van der Waals surface area contributed by atoms with E-state index in [2.05, 4.69) is 15.5 Å². The van der Waals surface area contributed by atoms with E-state index in [0.29, 0.717) is 23.7 Å². The number of halogens is 1. The molecule has 5 nitrogen and oxygen atoms in total. The molecule has 2 aromatic carbocycles. The predicted octanol–water partition coefficient (Wildman–Crippen LogP) is 4.88. The Morgan fingerprint density at radius 1 is 1.13 bits per heavy atom. The van der Waals surface area contributed by atoms with Crippen LogP contribution >= 0.6 is 0 Å². The highest BCUT2D eigenvalue weighted by atomic mass is 19.1. The van der Waals surface area contributed by atoms with Crippen molar-refractivity contribution in [3.8, 4) is 0 Å². The van der Waals surface area contributed by atoms with Gasteiger partial charge in [0.2, 0.25) is 0 Å². The Balaban J connectivity index is 1.31. The molecule has 0 spiro atoms. The zero-order valence-electron chi connectivity index (χ0n) is 18.2. The second-order valence-corrected chi connectivity index (χ2v) is 8.36. The molecule has 1 fully saturated rings. The average Bonchev–Trinajstić information content (AvgIpc) is 2.75. The standard InChI is InChI=1S/C25H32FN3O2/c1-19(30)22-7-4-8-24(17-22)28-25(31)27-13-2-3-14-29-15-5-6-21(18-29)16-20-9-11-23(26)12-10-20/h4,7-12,17,21H,2-3,5-6,13-16,18H2,1H3,(H2,27,28,31). The van der Waals surface area contributed by atoms with E-state index < -0.39 is 0 Å². The molecule has 1 saturated heterocycles. The molecular formula is C25H32FN3O2. The molecule has 1 aliphatic heterocycles. The van der Waals surface area contributed by atoms with Crippen LogP contribution in [0.5, 0.6) is 0 Å². The minimum absolute atomic E-state index is 0.0262. The highest BCUT2D eigenvalue weighted by Crippen LogP contribution is 2.21. The summed E-state index contributed by atoms with van der Waals surface area (Å²) >= 11 is 0. The first-order chi connectivity index (χ1) is 15.0. The molecule has 6 heteroatoms. The molecule has 1 aliphatic rings. The summed E-state index contributed by atoms with van der Waals surface area (Å²) in [6.07, 6.45) is 5.37. The summed E-state index contributed by atoms with van der Waals surface area (Å²) in [5, 5.41) is 5.65. The Morgan fingerprint density at radius 3 is 2.71 bits per heavy atom. The van der Waals surface area contributed by atoms with Crippen LogP contribution in [0.15, 0.2) is 48.5 Å². The number of hydrogen-bond donors (Lipinski definition) is 2. The number of amides is 2. The van der Waals surface area contributed by atoms with Gasteiger partial charge >= 0.3 is 6.03 Å². The lowest BCUT2D eigenvalue weighted by atomic mass is 9.91. The number of anilines is 1. The number of piperidine rings is 1. The number of carbonyl (C=O) groups is 2. The van der Waals surface area contributed by atoms with Crippen LogP contribution in [0.3, 0.4) is 0 Å². The van der Waals surface area contributed by atoms with E-state index >= 15 is 0 Å². The maximum Gasteiger partial charge on any atom is 0.319 e. The van der Waals surface area contributed by atoms with Gasteiger partial charge in [-0.3, -0.25) is 4.79 Å². The fourth-order valence-electron chi connectivity index (χ4n) is 4.13. The molecule has 0 radical (unpaired) electrons. The summed E-state index contributed by atoms with van der Waals surface area (Å²) in [7, 11) is 0. The minimum atomic E-state index is -0.252. The number of ketones is 1. The SMILES string of the molecule is CC(=O)c1cccc(NC(=O)NCCCCN2CCCC(Cc3ccc(F)cc3)C2)c1. The van der Waals surface area contributed by atoms with Crippen LogP contribution in [0.25, 0.3) is 0 Å². The van der Waals surface area contributed by atoms with Crippen LogP contribution in [-0.2, 0) is 6.42 Å². The number of nitrogens with zero attached hydrogens (tertiary/aromatic N) is 1. The van der Waals surface area contributed by atoms with Crippen molar-refractivity contribution in [2.75, 3.05) is 31.5 Å². The van der Waals surface area contributed by atoms with Crippen molar-refractivity contribution in [2.24, 2.45) is 5.92 Å². The molecule has 0 bridgehead atoms. The van der Waals surface area contributed by atoms with Crippen molar-refractivity contribution in [2.45, 2.75) is 39.0 Å². The zero-order valence-corrected chi connectivity index (χ0v) is 18.2. The van der Waals surface area contributed by atoms with Crippen LogP contribution in [0.4, 0.5) is 14.9 Å². The van der Waals surface area contributed by atoms with Crippen LogP contribution in [0.1, 0.15) is 48.5 Å². The summed E-state index contributed by atoms with van der Waals surface area (Å²) in [6, 6.07) is 13.6. The maximum atomic E-state index is 13.1. The third-order valence-electron chi connectivity index (χ3n) is 5.75. The van der Waals surface area contributed by atoms with Crippen LogP contribution in [0.2, 0.25) is 0 Å². The smallest absolute Gasteiger partial charge is 0.319 e. The van der Waals surface area contributed by atoms with Crippen molar-refractivity contribution in [3.63, 3.8) is 0 Å². The molecule has 0 aliphatic carbocycles. The van der Waals surface area contributed by atoms with Gasteiger partial charge < -0.3 is 15.5 Å². The van der Waals surface area contributed by atoms with Gasteiger partial charge in [0.05, 0.1) is 0 Å². The van der Waals surface area contributed by atoms with Gasteiger partial charge in [-0.15, -0.1) is 0 Å². The van der Waals surface area contributed by atoms with Crippen LogP contribution in [-0.4, -0.2) is 42.9 Å².